The second-order valence-corrected chi connectivity index (χ2v) is 6.58. The highest BCUT2D eigenvalue weighted by Gasteiger charge is 2.36. The van der Waals surface area contributed by atoms with Crippen LogP contribution in [0.1, 0.15) is 35.1 Å². The van der Waals surface area contributed by atoms with Crippen LogP contribution in [0.2, 0.25) is 0 Å². The highest BCUT2D eigenvalue weighted by molar-refractivity contribution is 5.85. The van der Waals surface area contributed by atoms with Crippen molar-refractivity contribution in [3.8, 4) is 0 Å². The highest BCUT2D eigenvalue weighted by atomic mass is 35.5. The smallest absolute Gasteiger partial charge is 0.103 e. The molecule has 2 aromatic rings. The van der Waals surface area contributed by atoms with Crippen LogP contribution in [0.4, 0.5) is 0 Å². The molecule has 124 valence electrons. The number of hydrogen-bond acceptors (Lipinski definition) is 2. The lowest BCUT2D eigenvalue weighted by Gasteiger charge is -2.40. The molecule has 0 amide bonds. The summed E-state index contributed by atoms with van der Waals surface area (Å²) < 4.78 is 0. The lowest BCUT2D eigenvalue weighted by Crippen LogP contribution is -2.46. The van der Waals surface area contributed by atoms with Gasteiger partial charge in [-0.3, -0.25) is 4.90 Å². The Balaban J connectivity index is 0.00000192. The van der Waals surface area contributed by atoms with Crippen molar-refractivity contribution in [2.24, 2.45) is 0 Å². The molecule has 0 aliphatic carbocycles. The Morgan fingerprint density at radius 1 is 1.04 bits per heavy atom. The van der Waals surface area contributed by atoms with E-state index in [9.17, 15) is 5.11 Å². The molecule has 1 fully saturated rings. The standard InChI is InChI=1S/C20H25NO.ClH/c1-16-8-6-11-19(17(16)2)20(22)12-7-13-21(15-20)14-18-9-4-3-5-10-18;/h3-6,8-11,22H,7,12-15H2,1-2H3;1H. The quantitative estimate of drug-likeness (QED) is 0.910. The molecule has 0 saturated carbocycles. The zero-order chi connectivity index (χ0) is 15.6. The number of piperidine rings is 1. The molecule has 0 bridgehead atoms. The van der Waals surface area contributed by atoms with E-state index in [1.54, 1.807) is 0 Å². The first-order chi connectivity index (χ1) is 10.6. The maximum Gasteiger partial charge on any atom is 0.103 e. The van der Waals surface area contributed by atoms with Gasteiger partial charge in [-0.25, -0.2) is 0 Å². The molecule has 3 heteroatoms. The molecule has 23 heavy (non-hydrogen) atoms. The Labute approximate surface area is 145 Å². The van der Waals surface area contributed by atoms with Gasteiger partial charge >= 0.3 is 0 Å². The van der Waals surface area contributed by atoms with Crippen LogP contribution in [0, 0.1) is 13.8 Å². The minimum absolute atomic E-state index is 0. The number of halogens is 1. The second-order valence-electron chi connectivity index (χ2n) is 6.58. The van der Waals surface area contributed by atoms with Crippen LogP contribution in [0.15, 0.2) is 48.5 Å². The Morgan fingerprint density at radius 2 is 1.78 bits per heavy atom. The van der Waals surface area contributed by atoms with Crippen molar-refractivity contribution >= 4 is 12.4 Å². The normalized spacial score (nSPS) is 21.7. The zero-order valence-corrected chi connectivity index (χ0v) is 14.8. The van der Waals surface area contributed by atoms with E-state index in [1.807, 2.05) is 6.07 Å². The largest absolute Gasteiger partial charge is 0.384 e. The fraction of sp³-hybridized carbons (Fsp3) is 0.400. The van der Waals surface area contributed by atoms with E-state index < -0.39 is 5.60 Å². The first-order valence-electron chi connectivity index (χ1n) is 8.14. The SMILES string of the molecule is Cc1cccc(C2(O)CCCN(Cc3ccccc3)C2)c1C.Cl. The van der Waals surface area contributed by atoms with Gasteiger partial charge in [0.2, 0.25) is 0 Å². The van der Waals surface area contributed by atoms with Crippen molar-refractivity contribution in [1.82, 2.24) is 4.90 Å². The van der Waals surface area contributed by atoms with Gasteiger partial charge in [0.1, 0.15) is 5.60 Å². The van der Waals surface area contributed by atoms with Gasteiger partial charge in [-0.15, -0.1) is 12.4 Å². The second kappa shape index (κ2) is 7.48. The van der Waals surface area contributed by atoms with Crippen molar-refractivity contribution < 1.29 is 5.11 Å². The summed E-state index contributed by atoms with van der Waals surface area (Å²) in [5.41, 5.74) is 4.18. The molecule has 0 spiro atoms. The van der Waals surface area contributed by atoms with Crippen LogP contribution in [0.25, 0.3) is 0 Å². The Kier molecular flexibility index (Phi) is 5.85. The monoisotopic (exact) mass is 331 g/mol. The average molecular weight is 332 g/mol. The van der Waals surface area contributed by atoms with E-state index in [1.165, 1.54) is 16.7 Å². The summed E-state index contributed by atoms with van der Waals surface area (Å²) >= 11 is 0. The van der Waals surface area contributed by atoms with Crippen LogP contribution >= 0.6 is 12.4 Å². The van der Waals surface area contributed by atoms with E-state index >= 15 is 0 Å². The van der Waals surface area contributed by atoms with Crippen molar-refractivity contribution in [3.05, 3.63) is 70.8 Å². The molecular formula is C20H26ClNO. The van der Waals surface area contributed by atoms with E-state index in [4.69, 9.17) is 0 Å². The van der Waals surface area contributed by atoms with E-state index in [0.717, 1.165) is 31.5 Å². The van der Waals surface area contributed by atoms with Gasteiger partial charge in [-0.1, -0.05) is 48.5 Å². The molecule has 1 atom stereocenters. The van der Waals surface area contributed by atoms with Crippen LogP contribution in [-0.2, 0) is 12.1 Å². The molecular weight excluding hydrogens is 306 g/mol. The lowest BCUT2D eigenvalue weighted by molar-refractivity contribution is -0.0386. The van der Waals surface area contributed by atoms with Gasteiger partial charge in [0.05, 0.1) is 0 Å². The van der Waals surface area contributed by atoms with Crippen LogP contribution in [0.5, 0.6) is 0 Å². The van der Waals surface area contributed by atoms with Crippen LogP contribution in [-0.4, -0.2) is 23.1 Å². The number of rotatable bonds is 3. The van der Waals surface area contributed by atoms with E-state index in [0.29, 0.717) is 6.54 Å². The van der Waals surface area contributed by atoms with Crippen molar-refractivity contribution in [3.63, 3.8) is 0 Å². The molecule has 1 heterocycles. The summed E-state index contributed by atoms with van der Waals surface area (Å²) in [6.07, 6.45) is 1.89. The molecule has 1 unspecified atom stereocenters. The molecule has 3 rings (SSSR count). The predicted molar refractivity (Wildman–Crippen MR) is 98.0 cm³/mol. The summed E-state index contributed by atoms with van der Waals surface area (Å²) in [4.78, 5) is 2.38. The number of nitrogens with zero attached hydrogens (tertiary/aromatic N) is 1. The number of aliphatic hydroxyl groups is 1. The topological polar surface area (TPSA) is 23.5 Å². The highest BCUT2D eigenvalue weighted by Crippen LogP contribution is 2.34. The van der Waals surface area contributed by atoms with Gasteiger partial charge in [0.25, 0.3) is 0 Å². The number of aryl methyl sites for hydroxylation is 1. The minimum atomic E-state index is -0.719. The minimum Gasteiger partial charge on any atom is -0.384 e. The molecule has 0 aromatic heterocycles. The maximum absolute atomic E-state index is 11.3. The fourth-order valence-electron chi connectivity index (χ4n) is 3.57. The summed E-state index contributed by atoms with van der Waals surface area (Å²) in [5, 5.41) is 11.3. The Hall–Kier alpha value is -1.35. The summed E-state index contributed by atoms with van der Waals surface area (Å²) in [6, 6.07) is 16.8. The van der Waals surface area contributed by atoms with Gasteiger partial charge < -0.3 is 5.11 Å². The van der Waals surface area contributed by atoms with Gasteiger partial charge in [0.15, 0.2) is 0 Å². The van der Waals surface area contributed by atoms with Crippen molar-refractivity contribution in [2.75, 3.05) is 13.1 Å². The fourth-order valence-corrected chi connectivity index (χ4v) is 3.57. The molecule has 1 N–H and O–H groups in total. The number of benzene rings is 2. The lowest BCUT2D eigenvalue weighted by atomic mass is 9.82. The Morgan fingerprint density at radius 3 is 2.52 bits per heavy atom. The van der Waals surface area contributed by atoms with Gasteiger partial charge in [-0.05, 0) is 55.5 Å². The predicted octanol–water partition coefficient (Wildman–Crippen LogP) is 4.21. The van der Waals surface area contributed by atoms with Crippen LogP contribution in [0.3, 0.4) is 0 Å². The first-order valence-corrected chi connectivity index (χ1v) is 8.14. The van der Waals surface area contributed by atoms with E-state index in [-0.39, 0.29) is 12.4 Å². The third-order valence-corrected chi connectivity index (χ3v) is 4.90. The summed E-state index contributed by atoms with van der Waals surface area (Å²) in [5.74, 6) is 0. The first kappa shape index (κ1) is 18.0. The molecule has 1 aliphatic rings. The summed E-state index contributed by atoms with van der Waals surface area (Å²) in [6.45, 7) is 6.92. The molecule has 1 aliphatic heterocycles. The third kappa shape index (κ3) is 3.95. The van der Waals surface area contributed by atoms with E-state index in [2.05, 4.69) is 61.2 Å². The zero-order valence-electron chi connectivity index (χ0n) is 14.0. The average Bonchev–Trinajstić information content (AvgIpc) is 2.51. The molecule has 1 saturated heterocycles. The van der Waals surface area contributed by atoms with Gasteiger partial charge in [0, 0.05) is 13.1 Å². The molecule has 2 aromatic carbocycles. The number of hydrogen-bond donors (Lipinski definition) is 1. The molecule has 0 radical (unpaired) electrons. The number of likely N-dealkylation sites (tertiary alicyclic amines) is 1. The van der Waals surface area contributed by atoms with Crippen molar-refractivity contribution in [1.29, 1.82) is 0 Å². The Bertz CT molecular complexity index is 643. The van der Waals surface area contributed by atoms with Gasteiger partial charge in [-0.2, -0.15) is 0 Å². The van der Waals surface area contributed by atoms with Crippen LogP contribution < -0.4 is 0 Å². The maximum atomic E-state index is 11.3. The third-order valence-electron chi connectivity index (χ3n) is 4.90. The van der Waals surface area contributed by atoms with Crippen molar-refractivity contribution in [2.45, 2.75) is 38.8 Å². The number of β-amino-alcohol motifs (C(OH)–C–C–N with tert-alkyl or cyclic N) is 1. The molecule has 2 nitrogen and oxygen atoms in total. The summed E-state index contributed by atoms with van der Waals surface area (Å²) in [7, 11) is 0.